The van der Waals surface area contributed by atoms with Crippen LogP contribution in [0.4, 0.5) is 10.5 Å². The molecular weight excluding hydrogens is 306 g/mol. The largest absolute Gasteiger partial charge is 0.495 e. The lowest BCUT2D eigenvalue weighted by molar-refractivity contribution is 0.109. The molecule has 1 N–H and O–H groups in total. The Morgan fingerprint density at radius 1 is 1.27 bits per heavy atom. The van der Waals surface area contributed by atoms with E-state index in [4.69, 9.17) is 21.1 Å². The third kappa shape index (κ3) is 4.50. The van der Waals surface area contributed by atoms with Crippen molar-refractivity contribution in [2.24, 2.45) is 0 Å². The second-order valence-electron chi connectivity index (χ2n) is 5.10. The van der Waals surface area contributed by atoms with E-state index in [2.05, 4.69) is 10.2 Å². The Morgan fingerprint density at radius 2 is 2.00 bits per heavy atom. The number of ether oxygens (including phenoxy) is 2. The second-order valence-corrected chi connectivity index (χ2v) is 5.53. The number of amides is 2. The van der Waals surface area contributed by atoms with Crippen molar-refractivity contribution in [1.29, 1.82) is 0 Å². The van der Waals surface area contributed by atoms with Gasteiger partial charge in [0.2, 0.25) is 0 Å². The summed E-state index contributed by atoms with van der Waals surface area (Å²) in [5, 5.41) is 3.42. The average molecular weight is 328 g/mol. The van der Waals surface area contributed by atoms with E-state index in [1.165, 1.54) is 0 Å². The van der Waals surface area contributed by atoms with Gasteiger partial charge in [-0.1, -0.05) is 11.6 Å². The maximum Gasteiger partial charge on any atom is 0.322 e. The molecule has 1 aliphatic rings. The zero-order valence-corrected chi connectivity index (χ0v) is 13.7. The minimum atomic E-state index is -0.132. The zero-order chi connectivity index (χ0) is 15.9. The molecule has 1 aromatic rings. The molecule has 0 bridgehead atoms. The summed E-state index contributed by atoms with van der Waals surface area (Å²) >= 11 is 5.97. The van der Waals surface area contributed by atoms with Crippen molar-refractivity contribution in [3.8, 4) is 5.75 Å². The molecule has 0 unspecified atom stereocenters. The molecule has 7 heteroatoms. The molecule has 1 aromatic carbocycles. The molecule has 1 fully saturated rings. The van der Waals surface area contributed by atoms with Crippen molar-refractivity contribution < 1.29 is 14.3 Å². The Hall–Kier alpha value is -1.50. The summed E-state index contributed by atoms with van der Waals surface area (Å²) in [6.07, 6.45) is 0. The molecule has 0 saturated carbocycles. The van der Waals surface area contributed by atoms with Crippen molar-refractivity contribution in [2.75, 3.05) is 58.9 Å². The predicted molar refractivity (Wildman–Crippen MR) is 86.9 cm³/mol. The number of piperazine rings is 1. The Labute approximate surface area is 135 Å². The van der Waals surface area contributed by atoms with Gasteiger partial charge in [0.25, 0.3) is 0 Å². The number of rotatable bonds is 5. The maximum absolute atomic E-state index is 12.3. The van der Waals surface area contributed by atoms with Crippen LogP contribution < -0.4 is 10.1 Å². The Balaban J connectivity index is 1.90. The number of anilines is 1. The second kappa shape index (κ2) is 8.22. The van der Waals surface area contributed by atoms with Gasteiger partial charge < -0.3 is 19.7 Å². The highest BCUT2D eigenvalue weighted by Gasteiger charge is 2.21. The normalized spacial score (nSPS) is 15.7. The van der Waals surface area contributed by atoms with Crippen molar-refractivity contribution in [2.45, 2.75) is 0 Å². The molecule has 1 heterocycles. The molecule has 122 valence electrons. The van der Waals surface area contributed by atoms with Gasteiger partial charge in [0.1, 0.15) is 5.75 Å². The van der Waals surface area contributed by atoms with E-state index in [1.54, 1.807) is 37.3 Å². The lowest BCUT2D eigenvalue weighted by Crippen LogP contribution is -2.50. The predicted octanol–water partition coefficient (Wildman–Crippen LogP) is 2.14. The summed E-state index contributed by atoms with van der Waals surface area (Å²) in [5.41, 5.74) is 0.585. The number of nitrogens with one attached hydrogen (secondary N) is 1. The number of urea groups is 1. The minimum Gasteiger partial charge on any atom is -0.495 e. The number of hydrogen-bond donors (Lipinski definition) is 1. The summed E-state index contributed by atoms with van der Waals surface area (Å²) in [7, 11) is 3.26. The summed E-state index contributed by atoms with van der Waals surface area (Å²) in [6, 6.07) is 5.02. The smallest absolute Gasteiger partial charge is 0.322 e. The molecule has 22 heavy (non-hydrogen) atoms. The summed E-state index contributed by atoms with van der Waals surface area (Å²) in [4.78, 5) is 16.4. The van der Waals surface area contributed by atoms with Crippen LogP contribution in [0.2, 0.25) is 5.02 Å². The van der Waals surface area contributed by atoms with E-state index in [-0.39, 0.29) is 6.03 Å². The van der Waals surface area contributed by atoms with Crippen molar-refractivity contribution >= 4 is 23.3 Å². The van der Waals surface area contributed by atoms with Gasteiger partial charge in [-0.25, -0.2) is 4.79 Å². The van der Waals surface area contributed by atoms with Crippen molar-refractivity contribution in [1.82, 2.24) is 9.80 Å². The van der Waals surface area contributed by atoms with Crippen LogP contribution in [-0.4, -0.2) is 69.4 Å². The summed E-state index contributed by atoms with van der Waals surface area (Å²) < 4.78 is 10.3. The number of nitrogens with zero attached hydrogens (tertiary/aromatic N) is 2. The molecule has 1 saturated heterocycles. The van der Waals surface area contributed by atoms with Crippen molar-refractivity contribution in [3.05, 3.63) is 23.2 Å². The SMILES string of the molecule is COCCN1CCN(C(=O)Nc2cc(Cl)ccc2OC)CC1. The quantitative estimate of drug-likeness (QED) is 0.900. The lowest BCUT2D eigenvalue weighted by atomic mass is 10.3. The van der Waals surface area contributed by atoms with Gasteiger partial charge in [-0.3, -0.25) is 4.90 Å². The molecule has 2 amide bonds. The molecule has 0 aliphatic carbocycles. The Bertz CT molecular complexity index is 505. The molecule has 0 aromatic heterocycles. The first-order valence-electron chi connectivity index (χ1n) is 7.25. The zero-order valence-electron chi connectivity index (χ0n) is 13.0. The lowest BCUT2D eigenvalue weighted by Gasteiger charge is -2.34. The van der Waals surface area contributed by atoms with Crippen LogP contribution >= 0.6 is 11.6 Å². The molecule has 0 atom stereocenters. The van der Waals surface area contributed by atoms with Gasteiger partial charge in [-0.05, 0) is 18.2 Å². The number of hydrogen-bond acceptors (Lipinski definition) is 4. The van der Waals surface area contributed by atoms with Crippen LogP contribution in [0.5, 0.6) is 5.75 Å². The molecule has 1 aliphatic heterocycles. The monoisotopic (exact) mass is 327 g/mol. The van der Waals surface area contributed by atoms with Crippen LogP contribution in [0.25, 0.3) is 0 Å². The topological polar surface area (TPSA) is 54.0 Å². The molecule has 0 spiro atoms. The molecular formula is C15H22ClN3O3. The number of carbonyl (C=O) groups excluding carboxylic acids is 1. The first-order chi connectivity index (χ1) is 10.6. The van der Waals surface area contributed by atoms with Crippen LogP contribution in [0, 0.1) is 0 Å². The van der Waals surface area contributed by atoms with Crippen LogP contribution in [0.15, 0.2) is 18.2 Å². The first kappa shape index (κ1) is 16.9. The summed E-state index contributed by atoms with van der Waals surface area (Å²) in [5.74, 6) is 0.594. The molecule has 6 nitrogen and oxygen atoms in total. The highest BCUT2D eigenvalue weighted by Crippen LogP contribution is 2.27. The van der Waals surface area contributed by atoms with E-state index in [9.17, 15) is 4.79 Å². The van der Waals surface area contributed by atoms with Gasteiger partial charge in [-0.2, -0.15) is 0 Å². The van der Waals surface area contributed by atoms with Gasteiger partial charge >= 0.3 is 6.03 Å². The fourth-order valence-corrected chi connectivity index (χ4v) is 2.54. The highest BCUT2D eigenvalue weighted by molar-refractivity contribution is 6.31. The van der Waals surface area contributed by atoms with Crippen LogP contribution in [0.1, 0.15) is 0 Å². The fourth-order valence-electron chi connectivity index (χ4n) is 2.37. The van der Waals surface area contributed by atoms with Crippen molar-refractivity contribution in [3.63, 3.8) is 0 Å². The number of carbonyl (C=O) groups is 1. The van der Waals surface area contributed by atoms with E-state index in [0.29, 0.717) is 36.2 Å². The number of halogens is 1. The summed E-state index contributed by atoms with van der Waals surface area (Å²) in [6.45, 7) is 4.70. The third-order valence-corrected chi connectivity index (χ3v) is 3.91. The first-order valence-corrected chi connectivity index (χ1v) is 7.62. The van der Waals surface area contributed by atoms with Crippen LogP contribution in [0.3, 0.4) is 0 Å². The van der Waals surface area contributed by atoms with Gasteiger partial charge in [0.15, 0.2) is 0 Å². The van der Waals surface area contributed by atoms with Gasteiger partial charge in [0.05, 0.1) is 19.4 Å². The standard InChI is InChI=1S/C15H22ClN3O3/c1-21-10-9-18-5-7-19(8-6-18)15(20)17-13-11-12(16)3-4-14(13)22-2/h3-4,11H,5-10H2,1-2H3,(H,17,20). The number of benzene rings is 1. The van der Waals surface area contributed by atoms with Crippen LogP contribution in [-0.2, 0) is 4.74 Å². The van der Waals surface area contributed by atoms with E-state index < -0.39 is 0 Å². The van der Waals surface area contributed by atoms with Gasteiger partial charge in [-0.15, -0.1) is 0 Å². The van der Waals surface area contributed by atoms with E-state index in [0.717, 1.165) is 19.6 Å². The van der Waals surface area contributed by atoms with Gasteiger partial charge in [0, 0.05) is 44.9 Å². The maximum atomic E-state index is 12.3. The average Bonchev–Trinajstić information content (AvgIpc) is 2.53. The fraction of sp³-hybridized carbons (Fsp3) is 0.533. The number of methoxy groups -OCH3 is 2. The Morgan fingerprint density at radius 3 is 2.64 bits per heavy atom. The minimum absolute atomic E-state index is 0.132. The molecule has 0 radical (unpaired) electrons. The highest BCUT2D eigenvalue weighted by atomic mass is 35.5. The third-order valence-electron chi connectivity index (χ3n) is 3.67. The Kier molecular flexibility index (Phi) is 6.30. The van der Waals surface area contributed by atoms with E-state index in [1.807, 2.05) is 0 Å². The molecule has 2 rings (SSSR count). The van der Waals surface area contributed by atoms with E-state index >= 15 is 0 Å².